The van der Waals surface area contributed by atoms with Crippen LogP contribution in [0.3, 0.4) is 0 Å². The highest BCUT2D eigenvalue weighted by Gasteiger charge is 2.16. The highest BCUT2D eigenvalue weighted by molar-refractivity contribution is 9.11. The molecule has 0 fully saturated rings. The van der Waals surface area contributed by atoms with Crippen LogP contribution in [0, 0.1) is 11.3 Å². The van der Waals surface area contributed by atoms with Gasteiger partial charge in [-0.15, -0.1) is 11.3 Å². The smallest absolute Gasteiger partial charge is 0.206 e. The summed E-state index contributed by atoms with van der Waals surface area (Å²) in [5.41, 5.74) is 0. The third-order valence-corrected chi connectivity index (χ3v) is 4.57. The number of hydrogen-bond donors (Lipinski definition) is 1. The van der Waals surface area contributed by atoms with Crippen molar-refractivity contribution in [3.63, 3.8) is 0 Å². The van der Waals surface area contributed by atoms with Gasteiger partial charge in [0.05, 0.1) is 0 Å². The summed E-state index contributed by atoms with van der Waals surface area (Å²) < 4.78 is 26.2. The predicted octanol–water partition coefficient (Wildman–Crippen LogP) is 1.81. The van der Waals surface area contributed by atoms with Gasteiger partial charge < -0.3 is 0 Å². The lowest BCUT2D eigenvalue weighted by Gasteiger charge is -2.02. The van der Waals surface area contributed by atoms with E-state index in [1.807, 2.05) is 6.07 Å². The molecule has 7 heteroatoms. The van der Waals surface area contributed by atoms with Gasteiger partial charge in [0.15, 0.2) is 0 Å². The molecule has 1 aromatic heterocycles. The standard InChI is InChI=1S/C8H7BrN2O2S2/c1-6(9)5-11-15(12,13)8-3-2-7(4-10)14-8/h2-3,11H,1,5H2. The zero-order chi connectivity index (χ0) is 11.5. The molecule has 1 aromatic rings. The minimum absolute atomic E-state index is 0.127. The van der Waals surface area contributed by atoms with E-state index in [9.17, 15) is 8.42 Å². The number of halogens is 1. The van der Waals surface area contributed by atoms with Gasteiger partial charge in [-0.2, -0.15) is 5.26 Å². The van der Waals surface area contributed by atoms with Gasteiger partial charge in [-0.3, -0.25) is 0 Å². The van der Waals surface area contributed by atoms with Crippen LogP contribution in [0.25, 0.3) is 0 Å². The largest absolute Gasteiger partial charge is 0.250 e. The summed E-state index contributed by atoms with van der Waals surface area (Å²) in [6, 6.07) is 4.76. The predicted molar refractivity (Wildman–Crippen MR) is 62.3 cm³/mol. The number of nitrogens with zero attached hydrogens (tertiary/aromatic N) is 1. The maximum Gasteiger partial charge on any atom is 0.250 e. The third kappa shape index (κ3) is 3.43. The van der Waals surface area contributed by atoms with Crippen LogP contribution >= 0.6 is 27.3 Å². The van der Waals surface area contributed by atoms with Crippen molar-refractivity contribution in [2.45, 2.75) is 4.21 Å². The number of rotatable bonds is 4. The molecule has 0 unspecified atom stereocenters. The zero-order valence-electron chi connectivity index (χ0n) is 7.53. The summed E-state index contributed by atoms with van der Waals surface area (Å²) >= 11 is 3.98. The van der Waals surface area contributed by atoms with Gasteiger partial charge in [-0.1, -0.05) is 22.5 Å². The Kier molecular flexibility index (Phi) is 4.04. The Hall–Kier alpha value is -0.680. The molecule has 4 nitrogen and oxygen atoms in total. The summed E-state index contributed by atoms with van der Waals surface area (Å²) in [7, 11) is -3.52. The molecule has 0 aromatic carbocycles. The third-order valence-electron chi connectivity index (χ3n) is 1.41. The Morgan fingerprint density at radius 3 is 2.80 bits per heavy atom. The van der Waals surface area contributed by atoms with Gasteiger partial charge in [0.25, 0.3) is 0 Å². The maximum atomic E-state index is 11.6. The molecule has 0 atom stereocenters. The molecule has 15 heavy (non-hydrogen) atoms. The average molecular weight is 307 g/mol. The number of hydrogen-bond acceptors (Lipinski definition) is 4. The minimum atomic E-state index is -3.52. The SMILES string of the molecule is C=C(Br)CNS(=O)(=O)c1ccc(C#N)s1. The highest BCUT2D eigenvalue weighted by atomic mass is 79.9. The topological polar surface area (TPSA) is 70.0 Å². The molecule has 0 saturated carbocycles. The molecular weight excluding hydrogens is 300 g/mol. The van der Waals surface area contributed by atoms with E-state index >= 15 is 0 Å². The summed E-state index contributed by atoms with van der Waals surface area (Å²) in [6.45, 7) is 3.64. The molecule has 1 heterocycles. The Labute approximate surface area is 100 Å². The van der Waals surface area contributed by atoms with Crippen LogP contribution in [-0.4, -0.2) is 15.0 Å². The monoisotopic (exact) mass is 306 g/mol. The normalized spacial score (nSPS) is 10.9. The molecule has 0 amide bonds. The Bertz CT molecular complexity index is 513. The number of nitrogens with one attached hydrogen (secondary N) is 1. The van der Waals surface area contributed by atoms with Crippen LogP contribution in [0.1, 0.15) is 4.88 Å². The van der Waals surface area contributed by atoms with Crippen molar-refractivity contribution >= 4 is 37.3 Å². The van der Waals surface area contributed by atoms with E-state index in [1.165, 1.54) is 12.1 Å². The molecule has 1 N–H and O–H groups in total. The lowest BCUT2D eigenvalue weighted by Crippen LogP contribution is -2.23. The first kappa shape index (κ1) is 12.4. The second kappa shape index (κ2) is 4.90. The van der Waals surface area contributed by atoms with Gasteiger partial charge in [0, 0.05) is 11.0 Å². The number of sulfonamides is 1. The fourth-order valence-corrected chi connectivity index (χ4v) is 3.27. The van der Waals surface area contributed by atoms with E-state index < -0.39 is 10.0 Å². The second-order valence-electron chi connectivity index (χ2n) is 2.57. The van der Waals surface area contributed by atoms with Crippen LogP contribution in [0.2, 0.25) is 0 Å². The summed E-state index contributed by atoms with van der Waals surface area (Å²) in [6.07, 6.45) is 0. The maximum absolute atomic E-state index is 11.6. The van der Waals surface area contributed by atoms with E-state index in [4.69, 9.17) is 5.26 Å². The quantitative estimate of drug-likeness (QED) is 0.922. The van der Waals surface area contributed by atoms with E-state index in [0.717, 1.165) is 11.3 Å². The zero-order valence-corrected chi connectivity index (χ0v) is 10.7. The van der Waals surface area contributed by atoms with Crippen LogP contribution in [-0.2, 0) is 10.0 Å². The molecular formula is C8H7BrN2O2S2. The Morgan fingerprint density at radius 1 is 1.67 bits per heavy atom. The van der Waals surface area contributed by atoms with Crippen LogP contribution in [0.4, 0.5) is 0 Å². The molecule has 0 saturated heterocycles. The lowest BCUT2D eigenvalue weighted by atomic mass is 10.5. The van der Waals surface area contributed by atoms with Crippen molar-refractivity contribution < 1.29 is 8.42 Å². The van der Waals surface area contributed by atoms with Gasteiger partial charge in [0.2, 0.25) is 10.0 Å². The summed E-state index contributed by atoms with van der Waals surface area (Å²) in [5, 5.41) is 8.56. The van der Waals surface area contributed by atoms with Crippen LogP contribution < -0.4 is 4.72 Å². The fraction of sp³-hybridized carbons (Fsp3) is 0.125. The summed E-state index contributed by atoms with van der Waals surface area (Å²) in [5.74, 6) is 0. The summed E-state index contributed by atoms with van der Waals surface area (Å²) in [4.78, 5) is 0.369. The van der Waals surface area contributed by atoms with Crippen molar-refractivity contribution in [1.82, 2.24) is 4.72 Å². The molecule has 0 aliphatic carbocycles. The molecule has 0 spiro atoms. The van der Waals surface area contributed by atoms with Crippen molar-refractivity contribution in [2.75, 3.05) is 6.54 Å². The number of nitriles is 1. The minimum Gasteiger partial charge on any atom is -0.206 e. The van der Waals surface area contributed by atoms with Gasteiger partial charge in [0.1, 0.15) is 15.2 Å². The molecule has 0 bridgehead atoms. The van der Waals surface area contributed by atoms with Crippen molar-refractivity contribution in [3.05, 3.63) is 28.1 Å². The second-order valence-corrected chi connectivity index (χ2v) is 6.77. The van der Waals surface area contributed by atoms with E-state index in [2.05, 4.69) is 27.2 Å². The van der Waals surface area contributed by atoms with Crippen LogP contribution in [0.5, 0.6) is 0 Å². The van der Waals surface area contributed by atoms with Gasteiger partial charge >= 0.3 is 0 Å². The van der Waals surface area contributed by atoms with E-state index in [-0.39, 0.29) is 10.8 Å². The molecule has 0 radical (unpaired) electrons. The van der Waals surface area contributed by atoms with Crippen LogP contribution in [0.15, 0.2) is 27.4 Å². The van der Waals surface area contributed by atoms with Crippen molar-refractivity contribution in [1.29, 1.82) is 5.26 Å². The van der Waals surface area contributed by atoms with Crippen molar-refractivity contribution in [3.8, 4) is 6.07 Å². The average Bonchev–Trinajstić information content (AvgIpc) is 2.63. The first-order valence-corrected chi connectivity index (χ1v) is 6.88. The number of thiophene rings is 1. The van der Waals surface area contributed by atoms with Crippen molar-refractivity contribution in [2.24, 2.45) is 0 Å². The Balaban J connectivity index is 2.87. The molecule has 0 aliphatic heterocycles. The van der Waals surface area contributed by atoms with E-state index in [0.29, 0.717) is 9.36 Å². The fourth-order valence-electron chi connectivity index (χ4n) is 0.769. The molecule has 0 aliphatic rings. The lowest BCUT2D eigenvalue weighted by molar-refractivity contribution is 0.587. The molecule has 1 rings (SSSR count). The van der Waals surface area contributed by atoms with E-state index in [1.54, 1.807) is 0 Å². The first-order chi connectivity index (χ1) is 6.95. The van der Waals surface area contributed by atoms with Gasteiger partial charge in [-0.25, -0.2) is 13.1 Å². The first-order valence-electron chi connectivity index (χ1n) is 3.78. The highest BCUT2D eigenvalue weighted by Crippen LogP contribution is 2.20. The Morgan fingerprint density at radius 2 is 2.33 bits per heavy atom. The molecule has 80 valence electrons. The van der Waals surface area contributed by atoms with Gasteiger partial charge in [-0.05, 0) is 12.1 Å².